The molecule has 0 aliphatic carbocycles. The summed E-state index contributed by atoms with van der Waals surface area (Å²) in [5.74, 6) is 0.718. The molecule has 2 amide bonds. The van der Waals surface area contributed by atoms with Gasteiger partial charge in [0.05, 0.1) is 12.5 Å². The smallest absolute Gasteiger partial charge is 0.410 e. The summed E-state index contributed by atoms with van der Waals surface area (Å²) >= 11 is 0. The summed E-state index contributed by atoms with van der Waals surface area (Å²) in [5.41, 5.74) is 2.29. The molecule has 1 atom stereocenters. The van der Waals surface area contributed by atoms with Gasteiger partial charge in [-0.3, -0.25) is 4.79 Å². The number of carbonyl (C=O) groups excluding carboxylic acids is 2. The second-order valence-corrected chi connectivity index (χ2v) is 9.75. The molecule has 182 valence electrons. The number of rotatable bonds is 7. The average molecular weight is 465 g/mol. The van der Waals surface area contributed by atoms with E-state index in [0.29, 0.717) is 25.4 Å². The monoisotopic (exact) mass is 464 g/mol. The summed E-state index contributed by atoms with van der Waals surface area (Å²) in [7, 11) is 1.75. The summed E-state index contributed by atoms with van der Waals surface area (Å²) in [6, 6.07) is 15.7. The molecular weight excluding hydrogens is 428 g/mol. The molecule has 0 N–H and O–H groups in total. The van der Waals surface area contributed by atoms with Gasteiger partial charge >= 0.3 is 6.09 Å². The highest BCUT2D eigenvalue weighted by Crippen LogP contribution is 2.25. The van der Waals surface area contributed by atoms with Crippen LogP contribution >= 0.6 is 0 Å². The molecule has 6 nitrogen and oxygen atoms in total. The highest BCUT2D eigenvalue weighted by molar-refractivity contribution is 5.80. The van der Waals surface area contributed by atoms with Crippen LogP contribution in [0, 0.1) is 0 Å². The Labute approximate surface area is 203 Å². The van der Waals surface area contributed by atoms with Gasteiger partial charge in [-0.2, -0.15) is 0 Å². The second kappa shape index (κ2) is 11.2. The summed E-state index contributed by atoms with van der Waals surface area (Å²) < 4.78 is 11.6. The Balaban J connectivity index is 1.67. The lowest BCUT2D eigenvalue weighted by atomic mass is 10.0. The average Bonchev–Trinajstić information content (AvgIpc) is 2.82. The molecule has 3 rings (SSSR count). The minimum Gasteiger partial charge on any atom is -0.489 e. The number of carbonyl (C=O) groups is 2. The summed E-state index contributed by atoms with van der Waals surface area (Å²) in [6.07, 6.45) is 3.32. The third-order valence-corrected chi connectivity index (χ3v) is 5.88. The van der Waals surface area contributed by atoms with Gasteiger partial charge in [0.15, 0.2) is 0 Å². The minimum absolute atomic E-state index is 0.0214. The molecule has 0 spiro atoms. The molecular formula is C28H36N2O4. The van der Waals surface area contributed by atoms with Crippen molar-refractivity contribution in [3.8, 4) is 5.75 Å². The number of piperidine rings is 1. The van der Waals surface area contributed by atoms with Crippen LogP contribution < -0.4 is 4.74 Å². The summed E-state index contributed by atoms with van der Waals surface area (Å²) in [5, 5.41) is 0. The number of nitrogens with zero attached hydrogens (tertiary/aromatic N) is 2. The number of hydrogen-bond donors (Lipinski definition) is 0. The van der Waals surface area contributed by atoms with Crippen LogP contribution in [0.15, 0.2) is 55.1 Å². The van der Waals surface area contributed by atoms with Gasteiger partial charge in [0.2, 0.25) is 5.91 Å². The van der Waals surface area contributed by atoms with Crippen LogP contribution in [-0.2, 0) is 22.6 Å². The van der Waals surface area contributed by atoms with Crippen molar-refractivity contribution >= 4 is 18.1 Å². The van der Waals surface area contributed by atoms with Crippen molar-refractivity contribution < 1.29 is 19.1 Å². The van der Waals surface area contributed by atoms with E-state index in [0.717, 1.165) is 29.5 Å². The third kappa shape index (κ3) is 7.11. The van der Waals surface area contributed by atoms with E-state index in [2.05, 4.69) is 6.58 Å². The van der Waals surface area contributed by atoms with E-state index in [9.17, 15) is 9.59 Å². The quantitative estimate of drug-likeness (QED) is 0.557. The van der Waals surface area contributed by atoms with Crippen LogP contribution in [0.4, 0.5) is 4.79 Å². The van der Waals surface area contributed by atoms with E-state index in [1.807, 2.05) is 74.2 Å². The van der Waals surface area contributed by atoms with E-state index < -0.39 is 5.60 Å². The fraction of sp³-hybridized carbons (Fsp3) is 0.429. The molecule has 0 saturated carbocycles. The molecule has 0 bridgehead atoms. The molecule has 0 radical (unpaired) electrons. The van der Waals surface area contributed by atoms with E-state index >= 15 is 0 Å². The van der Waals surface area contributed by atoms with Crippen molar-refractivity contribution in [1.82, 2.24) is 9.80 Å². The molecule has 1 heterocycles. The lowest BCUT2D eigenvalue weighted by molar-refractivity contribution is -0.132. The van der Waals surface area contributed by atoms with E-state index in [-0.39, 0.29) is 24.5 Å². The summed E-state index contributed by atoms with van der Waals surface area (Å²) in [6.45, 7) is 11.0. The Morgan fingerprint density at radius 3 is 2.59 bits per heavy atom. The van der Waals surface area contributed by atoms with E-state index in [1.165, 1.54) is 0 Å². The van der Waals surface area contributed by atoms with Crippen molar-refractivity contribution in [3.63, 3.8) is 0 Å². The topological polar surface area (TPSA) is 59.1 Å². The molecule has 1 aliphatic heterocycles. The molecule has 34 heavy (non-hydrogen) atoms. The number of amides is 2. The third-order valence-electron chi connectivity index (χ3n) is 5.88. The largest absolute Gasteiger partial charge is 0.489 e. The van der Waals surface area contributed by atoms with Crippen molar-refractivity contribution in [2.45, 2.75) is 58.3 Å². The first kappa shape index (κ1) is 25.3. The maximum absolute atomic E-state index is 13.3. The van der Waals surface area contributed by atoms with Crippen molar-refractivity contribution in [2.24, 2.45) is 0 Å². The van der Waals surface area contributed by atoms with Gasteiger partial charge < -0.3 is 19.3 Å². The van der Waals surface area contributed by atoms with Crippen LogP contribution in [0.5, 0.6) is 5.75 Å². The van der Waals surface area contributed by atoms with Gasteiger partial charge in [0, 0.05) is 25.7 Å². The predicted molar refractivity (Wildman–Crippen MR) is 135 cm³/mol. The Morgan fingerprint density at radius 2 is 1.91 bits per heavy atom. The van der Waals surface area contributed by atoms with Crippen LogP contribution in [0.2, 0.25) is 0 Å². The normalized spacial score (nSPS) is 16.0. The van der Waals surface area contributed by atoms with Gasteiger partial charge in [-0.05, 0) is 56.9 Å². The Bertz CT molecular complexity index is 997. The molecule has 1 saturated heterocycles. The zero-order chi connectivity index (χ0) is 24.7. The maximum atomic E-state index is 13.3. The lowest BCUT2D eigenvalue weighted by Gasteiger charge is -2.38. The molecule has 0 aromatic heterocycles. The molecule has 2 aromatic rings. The fourth-order valence-electron chi connectivity index (χ4n) is 4.00. The highest BCUT2D eigenvalue weighted by Gasteiger charge is 2.31. The maximum Gasteiger partial charge on any atom is 0.410 e. The number of likely N-dealkylation sites (tertiary alicyclic amines) is 1. The van der Waals surface area contributed by atoms with Gasteiger partial charge in [-0.25, -0.2) is 4.79 Å². The first-order valence-electron chi connectivity index (χ1n) is 11.8. The predicted octanol–water partition coefficient (Wildman–Crippen LogP) is 5.31. The van der Waals surface area contributed by atoms with Gasteiger partial charge in [0.25, 0.3) is 0 Å². The molecule has 2 aromatic carbocycles. The van der Waals surface area contributed by atoms with Crippen LogP contribution in [0.3, 0.4) is 0 Å². The number of likely N-dealkylation sites (N-methyl/N-ethyl adjacent to an activating group) is 1. The van der Waals surface area contributed by atoms with Crippen molar-refractivity contribution in [3.05, 3.63) is 71.8 Å². The van der Waals surface area contributed by atoms with E-state index in [4.69, 9.17) is 9.47 Å². The lowest BCUT2D eigenvalue weighted by Crippen LogP contribution is -2.51. The zero-order valence-electron chi connectivity index (χ0n) is 20.8. The van der Waals surface area contributed by atoms with Crippen molar-refractivity contribution in [1.29, 1.82) is 0 Å². The van der Waals surface area contributed by atoms with Crippen molar-refractivity contribution in [2.75, 3.05) is 20.1 Å². The van der Waals surface area contributed by atoms with E-state index in [1.54, 1.807) is 18.0 Å². The van der Waals surface area contributed by atoms with Gasteiger partial charge in [-0.15, -0.1) is 0 Å². The highest BCUT2D eigenvalue weighted by atomic mass is 16.6. The summed E-state index contributed by atoms with van der Waals surface area (Å²) in [4.78, 5) is 29.2. The fourth-order valence-corrected chi connectivity index (χ4v) is 4.00. The zero-order valence-corrected chi connectivity index (χ0v) is 20.8. The number of hydrogen-bond acceptors (Lipinski definition) is 4. The first-order valence-corrected chi connectivity index (χ1v) is 11.8. The Morgan fingerprint density at radius 1 is 1.18 bits per heavy atom. The van der Waals surface area contributed by atoms with Crippen LogP contribution in [0.1, 0.15) is 50.3 Å². The second-order valence-electron chi connectivity index (χ2n) is 9.75. The van der Waals surface area contributed by atoms with Crippen LogP contribution in [0.25, 0.3) is 6.08 Å². The Hall–Kier alpha value is -3.28. The standard InChI is InChI=1S/C28H36N2O4/c1-6-21-14-15-25(33-20-22-11-8-7-9-12-22)23(17-21)18-26(31)30-16-10-13-24(19-30)29(5)27(32)34-28(2,3)4/h6-9,11-12,14-15,17,24H,1,10,13,16,18-20H2,2-5H3/t24-/m0/s1. The van der Waals surface area contributed by atoms with Gasteiger partial charge in [-0.1, -0.05) is 49.1 Å². The SMILES string of the molecule is C=Cc1ccc(OCc2ccccc2)c(CC(=O)N2CCC[C@H](N(C)C(=O)OC(C)(C)C)C2)c1. The first-order chi connectivity index (χ1) is 16.2. The number of benzene rings is 2. The molecule has 1 aliphatic rings. The Kier molecular flexibility index (Phi) is 8.37. The molecule has 0 unspecified atom stereocenters. The van der Waals surface area contributed by atoms with Gasteiger partial charge in [0.1, 0.15) is 18.0 Å². The van der Waals surface area contributed by atoms with Crippen LogP contribution in [-0.4, -0.2) is 53.6 Å². The number of ether oxygens (including phenoxy) is 2. The molecule has 1 fully saturated rings. The molecule has 6 heteroatoms. The minimum atomic E-state index is -0.554.